The van der Waals surface area contributed by atoms with E-state index in [0.717, 1.165) is 17.8 Å². The van der Waals surface area contributed by atoms with E-state index in [-0.39, 0.29) is 11.8 Å². The summed E-state index contributed by atoms with van der Waals surface area (Å²) in [6, 6.07) is 5.22. The van der Waals surface area contributed by atoms with Crippen LogP contribution in [0.15, 0.2) is 57.5 Å². The molecule has 3 aliphatic rings. The fourth-order valence-corrected chi connectivity index (χ4v) is 4.34. The number of amides is 1. The molecule has 3 aliphatic heterocycles. The fourth-order valence-electron chi connectivity index (χ4n) is 4.34. The second-order valence-electron chi connectivity index (χ2n) is 7.10. The number of alkyl halides is 3. The molecule has 0 spiro atoms. The number of carbonyl (C=O) groups is 1. The molecule has 1 aromatic carbocycles. The zero-order valence-electron chi connectivity index (χ0n) is 14.9. The lowest BCUT2D eigenvalue weighted by atomic mass is 9.62. The molecule has 5 nitrogen and oxygen atoms in total. The Balaban J connectivity index is 2.01. The number of fused-ring (bicyclic) bond motifs is 1. The first-order valence-corrected chi connectivity index (χ1v) is 8.86. The van der Waals surface area contributed by atoms with Gasteiger partial charge in [-0.05, 0) is 18.1 Å². The molecule has 0 radical (unpaired) electrons. The van der Waals surface area contributed by atoms with Crippen LogP contribution in [0.5, 0.6) is 0 Å². The third kappa shape index (κ3) is 2.49. The van der Waals surface area contributed by atoms with Gasteiger partial charge in [0.15, 0.2) is 6.17 Å². The van der Waals surface area contributed by atoms with Gasteiger partial charge in [0.25, 0.3) is 0 Å². The Hall–Kier alpha value is -2.64. The maximum absolute atomic E-state index is 13.3. The highest BCUT2D eigenvalue weighted by Gasteiger charge is 2.52. The lowest BCUT2D eigenvalue weighted by Crippen LogP contribution is -2.55. The number of rotatable bonds is 2. The van der Waals surface area contributed by atoms with Crippen LogP contribution in [0.2, 0.25) is 0 Å². The first-order valence-electron chi connectivity index (χ1n) is 8.86. The van der Waals surface area contributed by atoms with Crippen LogP contribution >= 0.6 is 0 Å². The Bertz CT molecular complexity index is 902. The van der Waals surface area contributed by atoms with Gasteiger partial charge in [0.1, 0.15) is 0 Å². The number of nitrogens with zero attached hydrogens (tertiary/aromatic N) is 2. The van der Waals surface area contributed by atoms with Gasteiger partial charge in [0, 0.05) is 23.7 Å². The number of hydrogen-bond donors (Lipinski definition) is 2. The smallest absolute Gasteiger partial charge is 0.361 e. The van der Waals surface area contributed by atoms with Crippen molar-refractivity contribution in [1.82, 2.24) is 10.6 Å². The summed E-state index contributed by atoms with van der Waals surface area (Å²) in [5.41, 5.74) is 0.601. The van der Waals surface area contributed by atoms with Gasteiger partial charge in [-0.15, -0.1) is 0 Å². The predicted molar refractivity (Wildman–Crippen MR) is 92.5 cm³/mol. The van der Waals surface area contributed by atoms with E-state index in [1.54, 1.807) is 12.3 Å². The van der Waals surface area contributed by atoms with Crippen molar-refractivity contribution < 1.29 is 18.0 Å². The molecule has 142 valence electrons. The zero-order valence-corrected chi connectivity index (χ0v) is 14.9. The Morgan fingerprint density at radius 2 is 2.11 bits per heavy atom. The molecule has 0 aliphatic carbocycles. The van der Waals surface area contributed by atoms with E-state index >= 15 is 0 Å². The molecule has 3 heterocycles. The fraction of sp³-hybridized carbons (Fsp3) is 0.421. The summed E-state index contributed by atoms with van der Waals surface area (Å²) in [5.74, 6) is -0.257. The van der Waals surface area contributed by atoms with E-state index in [4.69, 9.17) is 0 Å². The van der Waals surface area contributed by atoms with Crippen LogP contribution in [0, 0.1) is 5.92 Å². The topological polar surface area (TPSA) is 65.8 Å². The molecule has 0 aromatic heterocycles. The first kappa shape index (κ1) is 17.8. The second kappa shape index (κ2) is 5.94. The number of azo groups is 1. The molecule has 2 N–H and O–H groups in total. The number of benzene rings is 1. The predicted octanol–water partition coefficient (Wildman–Crippen LogP) is 3.65. The van der Waals surface area contributed by atoms with Crippen molar-refractivity contribution in [3.8, 4) is 0 Å². The van der Waals surface area contributed by atoms with E-state index in [0.29, 0.717) is 29.7 Å². The lowest BCUT2D eigenvalue weighted by molar-refractivity contribution is -0.137. The summed E-state index contributed by atoms with van der Waals surface area (Å²) in [6.45, 7) is 4.31. The van der Waals surface area contributed by atoms with E-state index < -0.39 is 23.3 Å². The molecule has 8 heteroatoms. The molecule has 0 saturated carbocycles. The summed E-state index contributed by atoms with van der Waals surface area (Å²) >= 11 is 0. The monoisotopic (exact) mass is 376 g/mol. The highest BCUT2D eigenvalue weighted by atomic mass is 19.4. The SMILES string of the molecule is CCC1(c2cccc(C(F)(F)F)c2)C2=CN=NC2NC2=C1C(=O)NCC2C. The summed E-state index contributed by atoms with van der Waals surface area (Å²) in [7, 11) is 0. The Morgan fingerprint density at radius 3 is 2.81 bits per heavy atom. The van der Waals surface area contributed by atoms with Crippen molar-refractivity contribution in [2.24, 2.45) is 16.1 Å². The third-order valence-electron chi connectivity index (χ3n) is 5.66. The summed E-state index contributed by atoms with van der Waals surface area (Å²) in [6.07, 6.45) is -2.94. The van der Waals surface area contributed by atoms with Crippen LogP contribution in [0.3, 0.4) is 0 Å². The second-order valence-corrected chi connectivity index (χ2v) is 7.10. The van der Waals surface area contributed by atoms with Gasteiger partial charge < -0.3 is 10.6 Å². The average Bonchev–Trinajstić information content (AvgIpc) is 3.11. The zero-order chi connectivity index (χ0) is 19.4. The maximum atomic E-state index is 13.3. The molecule has 3 atom stereocenters. The Morgan fingerprint density at radius 1 is 1.33 bits per heavy atom. The van der Waals surface area contributed by atoms with Gasteiger partial charge >= 0.3 is 6.18 Å². The highest BCUT2D eigenvalue weighted by Crippen LogP contribution is 2.51. The van der Waals surface area contributed by atoms with Crippen molar-refractivity contribution in [2.75, 3.05) is 6.54 Å². The average molecular weight is 376 g/mol. The summed E-state index contributed by atoms with van der Waals surface area (Å²) < 4.78 is 40.0. The first-order chi connectivity index (χ1) is 12.8. The summed E-state index contributed by atoms with van der Waals surface area (Å²) in [5, 5.41) is 14.3. The molecule has 0 saturated heterocycles. The Labute approximate surface area is 154 Å². The molecule has 3 unspecified atom stereocenters. The number of hydrogen-bond acceptors (Lipinski definition) is 4. The van der Waals surface area contributed by atoms with Crippen LogP contribution in [-0.2, 0) is 16.4 Å². The van der Waals surface area contributed by atoms with E-state index in [9.17, 15) is 18.0 Å². The van der Waals surface area contributed by atoms with Crippen LogP contribution < -0.4 is 10.6 Å². The van der Waals surface area contributed by atoms with Crippen LogP contribution in [-0.4, -0.2) is 18.6 Å². The van der Waals surface area contributed by atoms with Gasteiger partial charge in [-0.2, -0.15) is 23.4 Å². The molecule has 0 bridgehead atoms. The van der Waals surface area contributed by atoms with Crippen molar-refractivity contribution in [1.29, 1.82) is 0 Å². The minimum absolute atomic E-state index is 0.00627. The Kier molecular flexibility index (Phi) is 3.90. The number of carbonyl (C=O) groups excluding carboxylic acids is 1. The van der Waals surface area contributed by atoms with E-state index in [2.05, 4.69) is 20.9 Å². The highest BCUT2D eigenvalue weighted by molar-refractivity contribution is 5.99. The number of halogens is 3. The van der Waals surface area contributed by atoms with Crippen molar-refractivity contribution in [3.63, 3.8) is 0 Å². The minimum Gasteiger partial charge on any atom is -0.361 e. The standard InChI is InChI=1S/C19H19F3N4O/c1-3-18(11-5-4-6-12(7-11)19(20,21)22)13-9-24-26-16(13)25-15-10(2)8-23-17(27)14(15)18/h4-7,9-10,16,25H,3,8H2,1-2H3,(H,23,27). The molecule has 27 heavy (non-hydrogen) atoms. The summed E-state index contributed by atoms with van der Waals surface area (Å²) in [4.78, 5) is 12.9. The lowest BCUT2D eigenvalue weighted by Gasteiger charge is -2.46. The quantitative estimate of drug-likeness (QED) is 0.827. The van der Waals surface area contributed by atoms with Crippen LogP contribution in [0.25, 0.3) is 0 Å². The van der Waals surface area contributed by atoms with Gasteiger partial charge in [0.05, 0.1) is 22.8 Å². The normalized spacial score (nSPS) is 29.7. The van der Waals surface area contributed by atoms with Gasteiger partial charge in [0.2, 0.25) is 5.91 Å². The van der Waals surface area contributed by atoms with Crippen molar-refractivity contribution in [2.45, 2.75) is 38.0 Å². The third-order valence-corrected chi connectivity index (χ3v) is 5.66. The maximum Gasteiger partial charge on any atom is 0.416 e. The van der Waals surface area contributed by atoms with Crippen LogP contribution in [0.4, 0.5) is 13.2 Å². The number of nitrogens with one attached hydrogen (secondary N) is 2. The molecular weight excluding hydrogens is 357 g/mol. The van der Waals surface area contributed by atoms with Gasteiger partial charge in [-0.25, -0.2) is 0 Å². The van der Waals surface area contributed by atoms with E-state index in [1.807, 2.05) is 13.8 Å². The minimum atomic E-state index is -4.46. The molecule has 4 rings (SSSR count). The molecule has 0 fully saturated rings. The van der Waals surface area contributed by atoms with Crippen molar-refractivity contribution >= 4 is 5.91 Å². The molecule has 1 aromatic rings. The largest absolute Gasteiger partial charge is 0.416 e. The van der Waals surface area contributed by atoms with Crippen LogP contribution in [0.1, 0.15) is 31.4 Å². The molecule has 1 amide bonds. The van der Waals surface area contributed by atoms with Gasteiger partial charge in [-0.3, -0.25) is 4.79 Å². The van der Waals surface area contributed by atoms with E-state index in [1.165, 1.54) is 6.07 Å². The van der Waals surface area contributed by atoms with Gasteiger partial charge in [-0.1, -0.05) is 32.0 Å². The molecular formula is C19H19F3N4O. The van der Waals surface area contributed by atoms with Crippen molar-refractivity contribution in [3.05, 3.63) is 58.4 Å².